The highest BCUT2D eigenvalue weighted by Gasteiger charge is 2.34. The number of nitrogens with one attached hydrogen (secondary N) is 1. The van der Waals surface area contributed by atoms with Crippen LogP contribution in [0.2, 0.25) is 0 Å². The number of nitrogens with zero attached hydrogens (tertiary/aromatic N) is 1. The molecule has 3 aromatic rings. The van der Waals surface area contributed by atoms with Gasteiger partial charge in [-0.05, 0) is 67.2 Å². The van der Waals surface area contributed by atoms with Gasteiger partial charge in [-0.15, -0.1) is 0 Å². The zero-order valence-electron chi connectivity index (χ0n) is 18.7. The van der Waals surface area contributed by atoms with Crippen LogP contribution in [-0.2, 0) is 19.7 Å². The fourth-order valence-electron chi connectivity index (χ4n) is 3.35. The van der Waals surface area contributed by atoms with Gasteiger partial charge in [0.15, 0.2) is 16.6 Å². The van der Waals surface area contributed by atoms with Gasteiger partial charge in [0.05, 0.1) is 12.8 Å². The van der Waals surface area contributed by atoms with Gasteiger partial charge in [0.25, 0.3) is 11.8 Å². The highest BCUT2D eigenvalue weighted by Crippen LogP contribution is 2.32. The second kappa shape index (κ2) is 9.69. The van der Waals surface area contributed by atoms with Crippen LogP contribution in [-0.4, -0.2) is 32.5 Å². The van der Waals surface area contributed by atoms with E-state index in [9.17, 15) is 18.0 Å². The maximum absolute atomic E-state index is 13.1. The fraction of sp³-hybridized carbons (Fsp3) is 0.0800. The third-order valence-corrected chi connectivity index (χ3v) is 6.66. The van der Waals surface area contributed by atoms with Gasteiger partial charge >= 0.3 is 10.1 Å². The summed E-state index contributed by atoms with van der Waals surface area (Å²) in [6, 6.07) is 19.3. The Bertz CT molecular complexity index is 1450. The maximum Gasteiger partial charge on any atom is 0.339 e. The van der Waals surface area contributed by atoms with Crippen molar-refractivity contribution in [3.8, 4) is 11.5 Å². The van der Waals surface area contributed by atoms with Gasteiger partial charge in [-0.3, -0.25) is 19.8 Å². The number of carbonyl (C=O) groups is 2. The standard InChI is InChI=1S/C25H20N2O6S2/c1-16-8-11-19(12-9-16)35(30,31)33-21-13-10-17(15-22(21)32-2)14-20-23(28)26-25(34)27(24(20)29)18-6-4-3-5-7-18/h3-15H,1-2H3,(H,26,28,34)/b20-14-. The Morgan fingerprint density at radius 2 is 1.63 bits per heavy atom. The number of methoxy groups -OCH3 is 1. The molecular weight excluding hydrogens is 488 g/mol. The van der Waals surface area contributed by atoms with Crippen LogP contribution in [0, 0.1) is 6.92 Å². The number of para-hydroxylation sites is 1. The zero-order chi connectivity index (χ0) is 25.2. The number of hydrogen-bond acceptors (Lipinski definition) is 7. The molecule has 10 heteroatoms. The average molecular weight is 509 g/mol. The van der Waals surface area contributed by atoms with E-state index in [1.165, 1.54) is 48.4 Å². The van der Waals surface area contributed by atoms with Crippen LogP contribution in [0.1, 0.15) is 11.1 Å². The number of ether oxygens (including phenoxy) is 1. The molecule has 2 amide bonds. The van der Waals surface area contributed by atoms with Gasteiger partial charge in [0.1, 0.15) is 10.5 Å². The Balaban J connectivity index is 1.65. The molecule has 1 fully saturated rings. The topological polar surface area (TPSA) is 102 Å². The fourth-order valence-corrected chi connectivity index (χ4v) is 4.57. The Morgan fingerprint density at radius 3 is 2.29 bits per heavy atom. The van der Waals surface area contributed by atoms with Crippen LogP contribution in [0.4, 0.5) is 5.69 Å². The molecular formula is C25H20N2O6S2. The molecule has 0 atom stereocenters. The number of benzene rings is 3. The molecule has 0 bridgehead atoms. The minimum absolute atomic E-state index is 0.00204. The van der Waals surface area contributed by atoms with Crippen molar-refractivity contribution in [2.75, 3.05) is 12.0 Å². The van der Waals surface area contributed by atoms with Crippen molar-refractivity contribution in [3.63, 3.8) is 0 Å². The molecule has 3 aromatic carbocycles. The van der Waals surface area contributed by atoms with Gasteiger partial charge in [-0.25, -0.2) is 0 Å². The van der Waals surface area contributed by atoms with Gasteiger partial charge in [-0.1, -0.05) is 42.0 Å². The normalized spacial score (nSPS) is 15.2. The third-order valence-electron chi connectivity index (χ3n) is 5.12. The van der Waals surface area contributed by atoms with Crippen LogP contribution in [0.15, 0.2) is 83.3 Å². The van der Waals surface area contributed by atoms with Crippen molar-refractivity contribution in [2.45, 2.75) is 11.8 Å². The summed E-state index contributed by atoms with van der Waals surface area (Å²) in [6.45, 7) is 1.84. The molecule has 0 unspecified atom stereocenters. The largest absolute Gasteiger partial charge is 0.493 e. The highest BCUT2D eigenvalue weighted by molar-refractivity contribution is 7.87. The molecule has 35 heavy (non-hydrogen) atoms. The molecule has 0 saturated carbocycles. The summed E-state index contributed by atoms with van der Waals surface area (Å²) in [4.78, 5) is 26.9. The number of carbonyl (C=O) groups excluding carboxylic acids is 2. The van der Waals surface area contributed by atoms with Crippen molar-refractivity contribution in [2.24, 2.45) is 0 Å². The molecule has 1 N–H and O–H groups in total. The Labute approximate surface area is 207 Å². The van der Waals surface area contributed by atoms with Crippen molar-refractivity contribution < 1.29 is 26.9 Å². The van der Waals surface area contributed by atoms with E-state index in [4.69, 9.17) is 21.1 Å². The Morgan fingerprint density at radius 1 is 0.943 bits per heavy atom. The van der Waals surface area contributed by atoms with Crippen LogP contribution in [0.25, 0.3) is 6.08 Å². The molecule has 0 aliphatic carbocycles. The van der Waals surface area contributed by atoms with Gasteiger partial charge < -0.3 is 8.92 Å². The number of rotatable bonds is 6. The molecule has 0 radical (unpaired) electrons. The van der Waals surface area contributed by atoms with Crippen molar-refractivity contribution >= 4 is 51.0 Å². The maximum atomic E-state index is 13.1. The monoisotopic (exact) mass is 508 g/mol. The number of thiocarbonyl (C=S) groups is 1. The molecule has 178 valence electrons. The minimum Gasteiger partial charge on any atom is -0.493 e. The lowest BCUT2D eigenvalue weighted by Gasteiger charge is -2.28. The summed E-state index contributed by atoms with van der Waals surface area (Å²) in [5, 5.41) is 2.49. The molecule has 8 nitrogen and oxygen atoms in total. The van der Waals surface area contributed by atoms with Crippen LogP contribution in [0.3, 0.4) is 0 Å². The van der Waals surface area contributed by atoms with Gasteiger partial charge in [0, 0.05) is 0 Å². The SMILES string of the molecule is COc1cc(/C=C2/C(=O)NC(=S)N(c3ccccc3)C2=O)ccc1OS(=O)(=O)c1ccc(C)cc1. The van der Waals surface area contributed by atoms with E-state index in [0.717, 1.165) is 5.56 Å². The predicted molar refractivity (Wildman–Crippen MR) is 135 cm³/mol. The lowest BCUT2D eigenvalue weighted by atomic mass is 10.1. The van der Waals surface area contributed by atoms with Crippen molar-refractivity contribution in [1.82, 2.24) is 5.32 Å². The molecule has 1 heterocycles. The first kappa shape index (κ1) is 24.1. The molecule has 1 aliphatic rings. The van der Waals surface area contributed by atoms with Gasteiger partial charge in [0.2, 0.25) is 0 Å². The average Bonchev–Trinajstić information content (AvgIpc) is 2.83. The zero-order valence-corrected chi connectivity index (χ0v) is 20.4. The van der Waals surface area contributed by atoms with E-state index in [1.807, 2.05) is 6.92 Å². The summed E-state index contributed by atoms with van der Waals surface area (Å²) < 4.78 is 35.9. The summed E-state index contributed by atoms with van der Waals surface area (Å²) >= 11 is 5.19. The minimum atomic E-state index is -4.10. The summed E-state index contributed by atoms with van der Waals surface area (Å²) in [5.41, 5.74) is 1.69. The molecule has 1 aliphatic heterocycles. The summed E-state index contributed by atoms with van der Waals surface area (Å²) in [6.07, 6.45) is 1.37. The second-order valence-electron chi connectivity index (χ2n) is 7.55. The van der Waals surface area contributed by atoms with E-state index in [-0.39, 0.29) is 27.1 Å². The summed E-state index contributed by atoms with van der Waals surface area (Å²) in [7, 11) is -2.75. The van der Waals surface area contributed by atoms with Crippen molar-refractivity contribution in [3.05, 3.63) is 89.5 Å². The Kier molecular flexibility index (Phi) is 6.68. The molecule has 0 spiro atoms. The number of aryl methyl sites for hydroxylation is 1. The van der Waals surface area contributed by atoms with Crippen LogP contribution < -0.4 is 19.1 Å². The third kappa shape index (κ3) is 5.08. The van der Waals surface area contributed by atoms with E-state index in [2.05, 4.69) is 5.32 Å². The van der Waals surface area contributed by atoms with E-state index >= 15 is 0 Å². The molecule has 1 saturated heterocycles. The van der Waals surface area contributed by atoms with Crippen LogP contribution in [0.5, 0.6) is 11.5 Å². The van der Waals surface area contributed by atoms with Gasteiger partial charge in [-0.2, -0.15) is 8.42 Å². The smallest absolute Gasteiger partial charge is 0.339 e. The molecule has 0 aromatic heterocycles. The van der Waals surface area contributed by atoms with Crippen molar-refractivity contribution in [1.29, 1.82) is 0 Å². The lowest BCUT2D eigenvalue weighted by Crippen LogP contribution is -2.54. The Hall–Kier alpha value is -4.02. The van der Waals surface area contributed by atoms with Crippen LogP contribution >= 0.6 is 12.2 Å². The highest BCUT2D eigenvalue weighted by atomic mass is 32.2. The lowest BCUT2D eigenvalue weighted by molar-refractivity contribution is -0.122. The first-order valence-corrected chi connectivity index (χ1v) is 12.2. The second-order valence-corrected chi connectivity index (χ2v) is 9.49. The summed E-state index contributed by atoms with van der Waals surface area (Å²) in [5.74, 6) is -1.17. The molecule has 4 rings (SSSR count). The number of hydrogen-bond donors (Lipinski definition) is 1. The first-order chi connectivity index (χ1) is 16.7. The number of amides is 2. The number of anilines is 1. The van der Waals surface area contributed by atoms with E-state index in [0.29, 0.717) is 11.3 Å². The quantitative estimate of drug-likeness (QED) is 0.235. The first-order valence-electron chi connectivity index (χ1n) is 10.4. The predicted octanol–water partition coefficient (Wildman–Crippen LogP) is 3.60. The van der Waals surface area contributed by atoms with E-state index < -0.39 is 21.9 Å². The van der Waals surface area contributed by atoms with E-state index in [1.54, 1.807) is 42.5 Å².